The van der Waals surface area contributed by atoms with Crippen molar-refractivity contribution in [3.63, 3.8) is 0 Å². The molecule has 0 aliphatic heterocycles. The Morgan fingerprint density at radius 1 is 1.20 bits per heavy atom. The molecule has 2 aromatic rings. The van der Waals surface area contributed by atoms with Gasteiger partial charge in [-0.15, -0.1) is 11.3 Å². The van der Waals surface area contributed by atoms with Gasteiger partial charge in [-0.05, 0) is 41.6 Å². The molecular weight excluding hydrogens is 358 g/mol. The van der Waals surface area contributed by atoms with Gasteiger partial charge >= 0.3 is 0 Å². The first-order valence-electron chi connectivity index (χ1n) is 8.02. The lowest BCUT2D eigenvalue weighted by Gasteiger charge is -2.18. The normalized spacial score (nSPS) is 12.8. The van der Waals surface area contributed by atoms with Gasteiger partial charge in [-0.3, -0.25) is 4.79 Å². The van der Waals surface area contributed by atoms with Crippen molar-refractivity contribution in [2.45, 2.75) is 30.4 Å². The van der Waals surface area contributed by atoms with Crippen LogP contribution < -0.4 is 10.1 Å². The highest BCUT2D eigenvalue weighted by molar-refractivity contribution is 7.91. The molecule has 0 aliphatic rings. The number of hydrogen-bond donors (Lipinski definition) is 1. The molecule has 1 amide bonds. The average Bonchev–Trinajstić information content (AvgIpc) is 3.08. The van der Waals surface area contributed by atoms with Crippen molar-refractivity contribution >= 4 is 27.1 Å². The van der Waals surface area contributed by atoms with E-state index in [0.29, 0.717) is 17.0 Å². The maximum absolute atomic E-state index is 13.1. The van der Waals surface area contributed by atoms with Crippen LogP contribution in [0.2, 0.25) is 0 Å². The number of benzene rings is 1. The zero-order valence-electron chi connectivity index (χ0n) is 14.6. The molecule has 0 bridgehead atoms. The second kappa shape index (κ2) is 8.49. The molecule has 0 saturated carbocycles. The zero-order chi connectivity index (χ0) is 18.4. The molecule has 136 valence electrons. The monoisotopic (exact) mass is 381 g/mol. The Balaban J connectivity index is 2.26. The summed E-state index contributed by atoms with van der Waals surface area (Å²) in [6.07, 6.45) is 0.375. The van der Waals surface area contributed by atoms with E-state index in [2.05, 4.69) is 5.32 Å². The summed E-state index contributed by atoms with van der Waals surface area (Å²) >= 11 is 1.37. The van der Waals surface area contributed by atoms with E-state index in [1.807, 2.05) is 25.3 Å². The molecule has 0 aliphatic carbocycles. The van der Waals surface area contributed by atoms with Gasteiger partial charge in [-0.25, -0.2) is 8.42 Å². The number of thiophene rings is 1. The molecule has 1 N–H and O–H groups in total. The van der Waals surface area contributed by atoms with Crippen LogP contribution in [0.5, 0.6) is 5.75 Å². The highest BCUT2D eigenvalue weighted by Crippen LogP contribution is 2.32. The first kappa shape index (κ1) is 19.5. The summed E-state index contributed by atoms with van der Waals surface area (Å²) in [5.74, 6) is 0.678. The Labute approximate surface area is 152 Å². The van der Waals surface area contributed by atoms with Crippen LogP contribution in [-0.2, 0) is 14.6 Å². The van der Waals surface area contributed by atoms with Crippen LogP contribution in [-0.4, -0.2) is 28.0 Å². The van der Waals surface area contributed by atoms with Gasteiger partial charge in [-0.1, -0.05) is 19.9 Å². The number of nitrogens with one attached hydrogen (secondary N) is 1. The number of carbonyl (C=O) groups excluding carboxylic acids is 1. The van der Waals surface area contributed by atoms with Crippen LogP contribution >= 0.6 is 11.3 Å². The summed E-state index contributed by atoms with van der Waals surface area (Å²) in [6.45, 7) is 3.95. The maximum atomic E-state index is 13.1. The zero-order valence-corrected chi connectivity index (χ0v) is 16.2. The van der Waals surface area contributed by atoms with Gasteiger partial charge in [0.25, 0.3) is 0 Å². The topological polar surface area (TPSA) is 72.5 Å². The number of sulfone groups is 1. The number of hydrogen-bond acceptors (Lipinski definition) is 5. The highest BCUT2D eigenvalue weighted by Gasteiger charge is 2.30. The molecule has 5 nitrogen and oxygen atoms in total. The first-order valence-corrected chi connectivity index (χ1v) is 10.4. The van der Waals surface area contributed by atoms with E-state index in [9.17, 15) is 13.2 Å². The largest absolute Gasteiger partial charge is 0.497 e. The van der Waals surface area contributed by atoms with Crippen LogP contribution in [0.3, 0.4) is 0 Å². The van der Waals surface area contributed by atoms with E-state index in [4.69, 9.17) is 4.74 Å². The standard InChI is InChI=1S/C18H23NO4S2/c1-13(2)11-18(20)19-12-17(16-5-4-10-24-16)25(21,22)15-8-6-14(23-3)7-9-15/h4-10,13,17H,11-12H2,1-3H3,(H,19,20)/t17-/m0/s1. The molecule has 0 saturated heterocycles. The van der Waals surface area contributed by atoms with Gasteiger partial charge in [0.05, 0.1) is 12.0 Å². The molecule has 0 spiro atoms. The van der Waals surface area contributed by atoms with Crippen LogP contribution in [0, 0.1) is 5.92 Å². The van der Waals surface area contributed by atoms with Crippen LogP contribution in [0.4, 0.5) is 0 Å². The molecular formula is C18H23NO4S2. The molecule has 1 aromatic carbocycles. The number of carbonyl (C=O) groups is 1. The Morgan fingerprint density at radius 2 is 1.88 bits per heavy atom. The average molecular weight is 382 g/mol. The van der Waals surface area contributed by atoms with Gasteiger partial charge in [0.1, 0.15) is 11.0 Å². The number of amides is 1. The fraction of sp³-hybridized carbons (Fsp3) is 0.389. The lowest BCUT2D eigenvalue weighted by atomic mass is 10.1. The van der Waals surface area contributed by atoms with Crippen molar-refractivity contribution in [1.29, 1.82) is 0 Å². The summed E-state index contributed by atoms with van der Waals surface area (Å²) < 4.78 is 31.2. The number of ether oxygens (including phenoxy) is 1. The quantitative estimate of drug-likeness (QED) is 0.760. The third-order valence-electron chi connectivity index (χ3n) is 3.70. The van der Waals surface area contributed by atoms with Crippen LogP contribution in [0.25, 0.3) is 0 Å². The Morgan fingerprint density at radius 3 is 2.40 bits per heavy atom. The molecule has 0 unspecified atom stereocenters. The number of methoxy groups -OCH3 is 1. The van der Waals surface area contributed by atoms with Crippen molar-refractivity contribution in [2.75, 3.05) is 13.7 Å². The summed E-state index contributed by atoms with van der Waals surface area (Å²) in [6, 6.07) is 9.90. The van der Waals surface area contributed by atoms with Gasteiger partial charge in [0, 0.05) is 17.8 Å². The fourth-order valence-electron chi connectivity index (χ4n) is 2.42. The Hall–Kier alpha value is -1.86. The first-order chi connectivity index (χ1) is 11.8. The molecule has 0 fully saturated rings. The highest BCUT2D eigenvalue weighted by atomic mass is 32.2. The van der Waals surface area contributed by atoms with E-state index in [0.717, 1.165) is 0 Å². The van der Waals surface area contributed by atoms with Gasteiger partial charge in [0.15, 0.2) is 9.84 Å². The van der Waals surface area contributed by atoms with E-state index in [1.165, 1.54) is 30.6 Å². The minimum atomic E-state index is -3.63. The third-order valence-corrected chi connectivity index (χ3v) is 6.94. The molecule has 1 heterocycles. The summed E-state index contributed by atoms with van der Waals surface area (Å²) in [4.78, 5) is 12.9. The van der Waals surface area contributed by atoms with E-state index < -0.39 is 15.1 Å². The smallest absolute Gasteiger partial charge is 0.220 e. The van der Waals surface area contributed by atoms with E-state index >= 15 is 0 Å². The molecule has 1 atom stereocenters. The lowest BCUT2D eigenvalue weighted by Crippen LogP contribution is -2.32. The van der Waals surface area contributed by atoms with Crippen LogP contribution in [0.1, 0.15) is 30.4 Å². The second-order valence-corrected chi connectivity index (χ2v) is 9.24. The summed E-state index contributed by atoms with van der Waals surface area (Å²) in [7, 11) is -2.10. The SMILES string of the molecule is COc1ccc(S(=O)(=O)[C@@H](CNC(=O)CC(C)C)c2cccs2)cc1. The van der Waals surface area contributed by atoms with Crippen molar-refractivity contribution in [1.82, 2.24) is 5.32 Å². The fourth-order valence-corrected chi connectivity index (χ4v) is 5.20. The summed E-state index contributed by atoms with van der Waals surface area (Å²) in [5, 5.41) is 3.79. The predicted octanol–water partition coefficient (Wildman–Crippen LogP) is 3.43. The Bertz CT molecular complexity index is 781. The van der Waals surface area contributed by atoms with Gasteiger partial charge in [0.2, 0.25) is 5.91 Å². The molecule has 7 heteroatoms. The summed E-state index contributed by atoms with van der Waals surface area (Å²) in [5.41, 5.74) is 0. The number of rotatable bonds is 8. The van der Waals surface area contributed by atoms with E-state index in [1.54, 1.807) is 18.2 Å². The maximum Gasteiger partial charge on any atom is 0.220 e. The molecule has 1 aromatic heterocycles. The molecule has 0 radical (unpaired) electrons. The van der Waals surface area contributed by atoms with Crippen molar-refractivity contribution in [3.05, 3.63) is 46.7 Å². The van der Waals surface area contributed by atoms with Crippen LogP contribution in [0.15, 0.2) is 46.7 Å². The van der Waals surface area contributed by atoms with E-state index in [-0.39, 0.29) is 23.3 Å². The van der Waals surface area contributed by atoms with Gasteiger partial charge in [-0.2, -0.15) is 0 Å². The van der Waals surface area contributed by atoms with Gasteiger partial charge < -0.3 is 10.1 Å². The third kappa shape index (κ3) is 5.06. The van der Waals surface area contributed by atoms with Crippen molar-refractivity contribution < 1.29 is 17.9 Å². The minimum Gasteiger partial charge on any atom is -0.497 e. The lowest BCUT2D eigenvalue weighted by molar-refractivity contribution is -0.121. The minimum absolute atomic E-state index is 0.0560. The predicted molar refractivity (Wildman–Crippen MR) is 99.7 cm³/mol. The molecule has 25 heavy (non-hydrogen) atoms. The second-order valence-electron chi connectivity index (χ2n) is 6.13. The molecule has 2 rings (SSSR count). The van der Waals surface area contributed by atoms with Crippen molar-refractivity contribution in [2.24, 2.45) is 5.92 Å². The Kier molecular flexibility index (Phi) is 6.61. The van der Waals surface area contributed by atoms with Crippen molar-refractivity contribution in [3.8, 4) is 5.75 Å².